The first kappa shape index (κ1) is 12.9. The fourth-order valence-corrected chi connectivity index (χ4v) is 1.88. The minimum Gasteiger partial charge on any atom is -0.364 e. The maximum Gasteiger partial charge on any atom is 0.253 e. The Labute approximate surface area is 103 Å². The summed E-state index contributed by atoms with van der Waals surface area (Å²) in [6.45, 7) is 0.356. The number of carbonyl (C=O) groups is 1. The molecule has 1 aliphatic rings. The zero-order chi connectivity index (χ0) is 13.1. The highest BCUT2D eigenvalue weighted by atomic mass is 19.1. The lowest BCUT2D eigenvalue weighted by Gasteiger charge is -2.13. The van der Waals surface area contributed by atoms with E-state index < -0.39 is 23.6 Å². The van der Waals surface area contributed by atoms with Gasteiger partial charge in [-0.05, 0) is 25.0 Å². The molecule has 1 aromatic rings. The average Bonchev–Trinajstić information content (AvgIpc) is 2.81. The van der Waals surface area contributed by atoms with Crippen LogP contribution in [0, 0.1) is 11.6 Å². The summed E-state index contributed by atoms with van der Waals surface area (Å²) in [7, 11) is 0. The average molecular weight is 256 g/mol. The van der Waals surface area contributed by atoms with E-state index in [1.807, 2.05) is 0 Å². The van der Waals surface area contributed by atoms with Crippen LogP contribution in [0.1, 0.15) is 12.8 Å². The number of benzene rings is 1. The van der Waals surface area contributed by atoms with Crippen LogP contribution in [-0.4, -0.2) is 24.7 Å². The summed E-state index contributed by atoms with van der Waals surface area (Å²) in [6.07, 6.45) is 0.513. The Bertz CT molecular complexity index is 454. The molecule has 0 radical (unpaired) electrons. The van der Waals surface area contributed by atoms with Crippen LogP contribution in [0.25, 0.3) is 0 Å². The predicted molar refractivity (Wildman–Crippen MR) is 61.9 cm³/mol. The van der Waals surface area contributed by atoms with Crippen LogP contribution >= 0.6 is 0 Å². The molecule has 0 spiro atoms. The van der Waals surface area contributed by atoms with Crippen molar-refractivity contribution in [1.82, 2.24) is 0 Å². The Morgan fingerprint density at radius 2 is 2.22 bits per heavy atom. The van der Waals surface area contributed by atoms with Crippen molar-refractivity contribution in [3.63, 3.8) is 0 Å². The molecule has 2 atom stereocenters. The normalized spacial score (nSPS) is 23.1. The van der Waals surface area contributed by atoms with Crippen molar-refractivity contribution in [3.8, 4) is 0 Å². The van der Waals surface area contributed by atoms with E-state index in [0.29, 0.717) is 25.5 Å². The molecule has 3 N–H and O–H groups in total. The van der Waals surface area contributed by atoms with Crippen molar-refractivity contribution < 1.29 is 18.3 Å². The van der Waals surface area contributed by atoms with E-state index in [9.17, 15) is 13.6 Å². The SMILES string of the molecule is NC[C@H]1CC[C@@H](C(=O)Nc2ccc(F)cc2F)O1. The molecule has 0 unspecified atom stereocenters. The van der Waals surface area contributed by atoms with Crippen LogP contribution < -0.4 is 11.1 Å². The summed E-state index contributed by atoms with van der Waals surface area (Å²) in [6, 6.07) is 2.97. The molecular formula is C12H14F2N2O2. The second kappa shape index (κ2) is 5.41. The Hall–Kier alpha value is -1.53. The zero-order valence-electron chi connectivity index (χ0n) is 9.66. The summed E-state index contributed by atoms with van der Waals surface area (Å²) in [5, 5.41) is 2.38. The predicted octanol–water partition coefficient (Wildman–Crippen LogP) is 1.41. The molecule has 98 valence electrons. The van der Waals surface area contributed by atoms with Crippen molar-refractivity contribution in [1.29, 1.82) is 0 Å². The number of nitrogens with two attached hydrogens (primary N) is 1. The highest BCUT2D eigenvalue weighted by Crippen LogP contribution is 2.21. The van der Waals surface area contributed by atoms with E-state index in [4.69, 9.17) is 10.5 Å². The molecule has 0 aliphatic carbocycles. The van der Waals surface area contributed by atoms with Gasteiger partial charge in [-0.2, -0.15) is 0 Å². The fourth-order valence-electron chi connectivity index (χ4n) is 1.88. The molecule has 18 heavy (non-hydrogen) atoms. The third-order valence-corrected chi connectivity index (χ3v) is 2.85. The quantitative estimate of drug-likeness (QED) is 0.859. The van der Waals surface area contributed by atoms with E-state index in [-0.39, 0.29) is 11.8 Å². The summed E-state index contributed by atoms with van der Waals surface area (Å²) in [4.78, 5) is 11.8. The van der Waals surface area contributed by atoms with Gasteiger partial charge in [0.25, 0.3) is 5.91 Å². The van der Waals surface area contributed by atoms with E-state index in [1.165, 1.54) is 6.07 Å². The summed E-state index contributed by atoms with van der Waals surface area (Å²) in [5.74, 6) is -1.93. The number of hydrogen-bond donors (Lipinski definition) is 2. The number of amides is 1. The van der Waals surface area contributed by atoms with Crippen molar-refractivity contribution in [3.05, 3.63) is 29.8 Å². The van der Waals surface area contributed by atoms with E-state index in [1.54, 1.807) is 0 Å². The van der Waals surface area contributed by atoms with Gasteiger partial charge in [0.1, 0.15) is 17.7 Å². The van der Waals surface area contributed by atoms with Crippen LogP contribution in [-0.2, 0) is 9.53 Å². The number of halogens is 2. The van der Waals surface area contributed by atoms with Crippen molar-refractivity contribution in [2.24, 2.45) is 5.73 Å². The van der Waals surface area contributed by atoms with E-state index >= 15 is 0 Å². The minimum atomic E-state index is -0.809. The van der Waals surface area contributed by atoms with Crippen LogP contribution in [0.4, 0.5) is 14.5 Å². The van der Waals surface area contributed by atoms with Crippen molar-refractivity contribution >= 4 is 11.6 Å². The van der Waals surface area contributed by atoms with Gasteiger partial charge in [-0.25, -0.2) is 8.78 Å². The molecule has 2 rings (SSSR count). The Kier molecular flexibility index (Phi) is 3.88. The first-order chi connectivity index (χ1) is 8.60. The molecule has 4 nitrogen and oxygen atoms in total. The first-order valence-electron chi connectivity index (χ1n) is 5.71. The minimum absolute atomic E-state index is 0.0544. The van der Waals surface area contributed by atoms with E-state index in [0.717, 1.165) is 6.07 Å². The molecule has 6 heteroatoms. The molecule has 1 saturated heterocycles. The number of hydrogen-bond acceptors (Lipinski definition) is 3. The smallest absolute Gasteiger partial charge is 0.253 e. The largest absolute Gasteiger partial charge is 0.364 e. The van der Waals surface area contributed by atoms with Crippen LogP contribution in [0.3, 0.4) is 0 Å². The first-order valence-corrected chi connectivity index (χ1v) is 5.71. The van der Waals surface area contributed by atoms with Crippen molar-refractivity contribution in [2.75, 3.05) is 11.9 Å². The van der Waals surface area contributed by atoms with Gasteiger partial charge >= 0.3 is 0 Å². The number of ether oxygens (including phenoxy) is 1. The van der Waals surface area contributed by atoms with Crippen LogP contribution in [0.15, 0.2) is 18.2 Å². The third-order valence-electron chi connectivity index (χ3n) is 2.85. The Morgan fingerprint density at radius 3 is 2.83 bits per heavy atom. The van der Waals surface area contributed by atoms with Crippen LogP contribution in [0.2, 0.25) is 0 Å². The summed E-state index contributed by atoms with van der Waals surface area (Å²) in [5.41, 5.74) is 5.38. The van der Waals surface area contributed by atoms with E-state index in [2.05, 4.69) is 5.32 Å². The zero-order valence-corrected chi connectivity index (χ0v) is 9.66. The molecule has 1 amide bonds. The lowest BCUT2D eigenvalue weighted by Crippen LogP contribution is -2.30. The van der Waals surface area contributed by atoms with Gasteiger partial charge < -0.3 is 15.8 Å². The molecule has 0 aromatic heterocycles. The molecule has 0 saturated carbocycles. The summed E-state index contributed by atoms with van der Waals surface area (Å²) < 4.78 is 31.4. The highest BCUT2D eigenvalue weighted by Gasteiger charge is 2.30. The number of rotatable bonds is 3. The molecule has 1 aliphatic heterocycles. The maximum atomic E-state index is 13.3. The lowest BCUT2D eigenvalue weighted by molar-refractivity contribution is -0.126. The molecule has 1 heterocycles. The monoisotopic (exact) mass is 256 g/mol. The second-order valence-corrected chi connectivity index (χ2v) is 4.17. The van der Waals surface area contributed by atoms with Crippen LogP contribution in [0.5, 0.6) is 0 Å². The van der Waals surface area contributed by atoms with Crippen molar-refractivity contribution in [2.45, 2.75) is 25.0 Å². The van der Waals surface area contributed by atoms with Gasteiger partial charge in [0.2, 0.25) is 0 Å². The third kappa shape index (κ3) is 2.83. The molecule has 1 aromatic carbocycles. The lowest BCUT2D eigenvalue weighted by atomic mass is 10.2. The molecule has 1 fully saturated rings. The topological polar surface area (TPSA) is 64.4 Å². The standard InChI is InChI=1S/C12H14F2N2O2/c13-7-1-3-10(9(14)5-7)16-12(17)11-4-2-8(6-15)18-11/h1,3,5,8,11H,2,4,6,15H2,(H,16,17)/t8-,11+/m1/s1. The number of carbonyl (C=O) groups excluding carboxylic acids is 1. The number of nitrogens with one attached hydrogen (secondary N) is 1. The second-order valence-electron chi connectivity index (χ2n) is 4.17. The van der Waals surface area contributed by atoms with Gasteiger partial charge in [0, 0.05) is 12.6 Å². The van der Waals surface area contributed by atoms with Gasteiger partial charge in [-0.3, -0.25) is 4.79 Å². The Balaban J connectivity index is 1.99. The Morgan fingerprint density at radius 1 is 1.44 bits per heavy atom. The molecular weight excluding hydrogens is 242 g/mol. The fraction of sp³-hybridized carbons (Fsp3) is 0.417. The van der Waals surface area contributed by atoms with Gasteiger partial charge in [0.15, 0.2) is 0 Å². The van der Waals surface area contributed by atoms with Gasteiger partial charge in [0.05, 0.1) is 11.8 Å². The van der Waals surface area contributed by atoms with Gasteiger partial charge in [-0.15, -0.1) is 0 Å². The van der Waals surface area contributed by atoms with Gasteiger partial charge in [-0.1, -0.05) is 0 Å². The summed E-state index contributed by atoms with van der Waals surface area (Å²) >= 11 is 0. The number of anilines is 1. The highest BCUT2D eigenvalue weighted by molar-refractivity contribution is 5.94. The molecule has 0 bridgehead atoms. The maximum absolute atomic E-state index is 13.3.